The van der Waals surface area contributed by atoms with Crippen molar-refractivity contribution in [3.8, 4) is 0 Å². The molecule has 4 saturated heterocycles. The predicted molar refractivity (Wildman–Crippen MR) is 232 cm³/mol. The molecule has 0 bridgehead atoms. The third-order valence-corrected chi connectivity index (χ3v) is 14.5. The minimum absolute atomic E-state index is 0.0601. The topological polar surface area (TPSA) is 233 Å². The summed E-state index contributed by atoms with van der Waals surface area (Å²) in [4.78, 5) is 45.2. The summed E-state index contributed by atoms with van der Waals surface area (Å²) in [5.41, 5.74) is -5.08. The van der Waals surface area contributed by atoms with E-state index in [2.05, 4.69) is 0 Å². The lowest BCUT2D eigenvalue weighted by Gasteiger charge is -2.51. The molecule has 0 amide bonds. The zero-order valence-electron chi connectivity index (χ0n) is 41.1. The average molecular weight is 919 g/mol. The quantitative estimate of drug-likeness (QED) is 0.198. The van der Waals surface area contributed by atoms with E-state index in [9.17, 15) is 39.9 Å². The molecule has 4 fully saturated rings. The average Bonchev–Trinajstić information content (AvgIpc) is 3.19. The molecule has 0 aliphatic carbocycles. The summed E-state index contributed by atoms with van der Waals surface area (Å²) in [5.74, 6) is -5.92. The van der Waals surface area contributed by atoms with Crippen LogP contribution in [0.4, 0.5) is 0 Å². The monoisotopic (exact) mass is 919 g/mol. The Morgan fingerprint density at radius 1 is 0.750 bits per heavy atom. The van der Waals surface area contributed by atoms with Gasteiger partial charge in [-0.2, -0.15) is 0 Å². The Balaban J connectivity index is 1.98. The van der Waals surface area contributed by atoms with E-state index < -0.39 is 132 Å². The summed E-state index contributed by atoms with van der Waals surface area (Å²) in [7, 11) is 7.39. The molecule has 4 heterocycles. The fourth-order valence-electron chi connectivity index (χ4n) is 10.6. The van der Waals surface area contributed by atoms with Crippen LogP contribution in [-0.4, -0.2) is 190 Å². The number of Topliss-reactive ketones (excluding diaryl/α,β-unsaturated/α-hetero) is 1. The maximum Gasteiger partial charge on any atom is 0.311 e. The molecule has 0 unspecified atom stereocenters. The highest BCUT2D eigenvalue weighted by molar-refractivity contribution is 5.83. The summed E-state index contributed by atoms with van der Waals surface area (Å²) >= 11 is 0. The van der Waals surface area contributed by atoms with Crippen LogP contribution < -0.4 is 0 Å². The lowest BCUT2D eigenvalue weighted by molar-refractivity contribution is -0.340. The van der Waals surface area contributed by atoms with Crippen molar-refractivity contribution in [2.24, 2.45) is 23.7 Å². The molecule has 18 nitrogen and oxygen atoms in total. The molecule has 5 N–H and O–H groups in total. The molecular formula is C46H82N2O16. The van der Waals surface area contributed by atoms with Crippen LogP contribution in [0.5, 0.6) is 0 Å². The number of hydrogen-bond acceptors (Lipinski definition) is 18. The number of esters is 2. The Morgan fingerprint density at radius 3 is 1.89 bits per heavy atom. The summed E-state index contributed by atoms with van der Waals surface area (Å²) in [5, 5.41) is 57.9. The van der Waals surface area contributed by atoms with E-state index in [1.165, 1.54) is 20.8 Å². The molecule has 4 aliphatic rings. The second kappa shape index (κ2) is 21.6. The van der Waals surface area contributed by atoms with E-state index in [4.69, 9.17) is 37.9 Å². The van der Waals surface area contributed by atoms with E-state index in [0.29, 0.717) is 6.42 Å². The Bertz CT molecular complexity index is 1570. The van der Waals surface area contributed by atoms with Crippen molar-refractivity contribution < 1.29 is 77.8 Å². The van der Waals surface area contributed by atoms with Gasteiger partial charge in [-0.1, -0.05) is 27.7 Å². The molecule has 4 rings (SSSR count). The molecule has 0 aromatic heterocycles. The van der Waals surface area contributed by atoms with Gasteiger partial charge in [0.25, 0.3) is 0 Å². The van der Waals surface area contributed by atoms with Crippen molar-refractivity contribution in [2.75, 3.05) is 28.2 Å². The summed E-state index contributed by atoms with van der Waals surface area (Å²) < 4.78 is 51.7. The minimum Gasteiger partial charge on any atom is -0.459 e. The second-order valence-corrected chi connectivity index (χ2v) is 20.5. The number of carbonyl (C=O) groups excluding carboxylic acids is 3. The maximum atomic E-state index is 14.6. The number of carbonyl (C=O) groups is 3. The zero-order valence-corrected chi connectivity index (χ0v) is 41.1. The first-order valence-electron chi connectivity index (χ1n) is 23.2. The van der Waals surface area contributed by atoms with Crippen LogP contribution in [0.25, 0.3) is 0 Å². The Hall–Kier alpha value is -1.91. The normalized spacial score (nSPS) is 48.1. The molecule has 0 saturated carbocycles. The van der Waals surface area contributed by atoms with Crippen molar-refractivity contribution in [2.45, 2.75) is 224 Å². The van der Waals surface area contributed by atoms with Crippen molar-refractivity contribution >= 4 is 17.7 Å². The van der Waals surface area contributed by atoms with Crippen LogP contribution in [-0.2, 0) is 52.3 Å². The number of hydrogen-bond donors (Lipinski definition) is 5. The number of rotatable bonds is 10. The number of ketones is 1. The van der Waals surface area contributed by atoms with E-state index in [1.807, 2.05) is 44.9 Å². The summed E-state index contributed by atoms with van der Waals surface area (Å²) in [6.07, 6.45) is -13.3. The van der Waals surface area contributed by atoms with Gasteiger partial charge in [0.2, 0.25) is 0 Å². The van der Waals surface area contributed by atoms with Gasteiger partial charge < -0.3 is 73.2 Å². The van der Waals surface area contributed by atoms with Crippen LogP contribution in [0.2, 0.25) is 0 Å². The van der Waals surface area contributed by atoms with Crippen LogP contribution in [0.1, 0.15) is 115 Å². The van der Waals surface area contributed by atoms with Gasteiger partial charge in [0.05, 0.1) is 54.2 Å². The largest absolute Gasteiger partial charge is 0.459 e. The highest BCUT2D eigenvalue weighted by atomic mass is 16.7. The van der Waals surface area contributed by atoms with Crippen LogP contribution in [0, 0.1) is 23.7 Å². The smallest absolute Gasteiger partial charge is 0.311 e. The molecule has 18 heteroatoms. The standard InChI is InChI=1S/C46H82N2O16/c1-17-32-46(12,56)39(53)24(4)35(50)22(2)20-45(11,64-33-19-31(48(15)16)36(51)27(7)58-33)41(62-43-37(52)30(47(13)14)18-23(3)57-43)25(5)38(26(6)42(55)60-32)61-34-21-44(10,63-29(9)49)40(54)28(8)59-34/h22-28,30-34,36-41,43,51-54,56H,17-21H2,1-16H3/t22-,23+,24+,25+,26-,27+,28+,30-,31-,32-,33+,34+,36+,37+,38+,39-,40+,41-,43+,44-,45-,46-/m1/s1. The predicted octanol–water partition coefficient (Wildman–Crippen LogP) is 2.15. The van der Waals surface area contributed by atoms with Crippen LogP contribution in [0.3, 0.4) is 0 Å². The third-order valence-electron chi connectivity index (χ3n) is 14.5. The van der Waals surface area contributed by atoms with Crippen molar-refractivity contribution in [1.29, 1.82) is 0 Å². The van der Waals surface area contributed by atoms with Gasteiger partial charge in [-0.15, -0.1) is 0 Å². The molecule has 0 aromatic rings. The number of ether oxygens (including phenoxy) is 8. The van der Waals surface area contributed by atoms with E-state index >= 15 is 0 Å². The van der Waals surface area contributed by atoms with Gasteiger partial charge in [0, 0.05) is 49.6 Å². The number of aliphatic hydroxyl groups is 5. The zero-order chi connectivity index (χ0) is 48.5. The molecule has 22 atom stereocenters. The van der Waals surface area contributed by atoms with Crippen molar-refractivity contribution in [3.05, 3.63) is 0 Å². The molecule has 0 aromatic carbocycles. The van der Waals surface area contributed by atoms with Crippen LogP contribution in [0.15, 0.2) is 0 Å². The van der Waals surface area contributed by atoms with E-state index in [1.54, 1.807) is 55.4 Å². The SMILES string of the molecule is CC[C@H]1OC(=O)[C@H](C)[C@@H](O[C@H]2C[C@@](C)(OC(C)=O)[C@@H](O)[C@H](C)O2)[C@H](C)[C@@H](O[C@@H]2O[C@@H](C)C[C@@H](N(C)C)[C@@H]2O)[C@](C)(O[C@H]2C[C@@H](N(C)C)[C@@H](O)[C@H](C)O2)C[C@@H](C)C(=O)[C@H](C)[C@@H](O)[C@]1(C)O. The number of likely N-dealkylation sites (N-methyl/N-ethyl adjacent to an activating group) is 2. The summed E-state index contributed by atoms with van der Waals surface area (Å²) in [6, 6.07) is -0.774. The number of nitrogens with zero attached hydrogens (tertiary/aromatic N) is 2. The second-order valence-electron chi connectivity index (χ2n) is 20.5. The Kier molecular flexibility index (Phi) is 18.4. The van der Waals surface area contributed by atoms with Gasteiger partial charge in [0.15, 0.2) is 18.9 Å². The number of cyclic esters (lactones) is 1. The fourth-order valence-corrected chi connectivity index (χ4v) is 10.6. The van der Waals surface area contributed by atoms with Crippen molar-refractivity contribution in [1.82, 2.24) is 9.80 Å². The molecule has 372 valence electrons. The van der Waals surface area contributed by atoms with Gasteiger partial charge >= 0.3 is 11.9 Å². The first kappa shape index (κ1) is 54.7. The first-order chi connectivity index (χ1) is 29.5. The maximum absolute atomic E-state index is 14.6. The summed E-state index contributed by atoms with van der Waals surface area (Å²) in [6.45, 7) is 19.4. The molecule has 0 radical (unpaired) electrons. The van der Waals surface area contributed by atoms with Gasteiger partial charge in [-0.3, -0.25) is 14.4 Å². The lowest BCUT2D eigenvalue weighted by Crippen LogP contribution is -2.63. The van der Waals surface area contributed by atoms with Gasteiger partial charge in [-0.25, -0.2) is 0 Å². The van der Waals surface area contributed by atoms with Gasteiger partial charge in [0.1, 0.15) is 35.3 Å². The minimum atomic E-state index is -2.07. The van der Waals surface area contributed by atoms with E-state index in [0.717, 1.165) is 0 Å². The Labute approximate surface area is 380 Å². The van der Waals surface area contributed by atoms with E-state index in [-0.39, 0.29) is 43.9 Å². The first-order valence-corrected chi connectivity index (χ1v) is 23.2. The highest BCUT2D eigenvalue weighted by Gasteiger charge is 2.56. The molecule has 0 spiro atoms. The Morgan fingerprint density at radius 2 is 1.33 bits per heavy atom. The van der Waals surface area contributed by atoms with Gasteiger partial charge in [-0.05, 0) is 95.9 Å². The molecule has 64 heavy (non-hydrogen) atoms. The molecule has 4 aliphatic heterocycles. The van der Waals surface area contributed by atoms with Crippen molar-refractivity contribution in [3.63, 3.8) is 0 Å². The number of aliphatic hydroxyl groups excluding tert-OH is 4. The third kappa shape index (κ3) is 12.0. The lowest BCUT2D eigenvalue weighted by atomic mass is 9.73. The molecular weight excluding hydrogens is 837 g/mol. The fraction of sp³-hybridized carbons (Fsp3) is 0.935. The van der Waals surface area contributed by atoms with Crippen LogP contribution >= 0.6 is 0 Å². The highest BCUT2D eigenvalue weighted by Crippen LogP contribution is 2.43.